The summed E-state index contributed by atoms with van der Waals surface area (Å²) in [5.41, 5.74) is 13.4. The number of piperazine rings is 1. The van der Waals surface area contributed by atoms with Gasteiger partial charge in [-0.15, -0.1) is 0 Å². The number of hydrogen-bond acceptors (Lipinski definition) is 10. The highest BCUT2D eigenvalue weighted by atomic mass is 35.5. The summed E-state index contributed by atoms with van der Waals surface area (Å²) in [6, 6.07) is 24.5. The number of aryl methyl sites for hydroxylation is 3. The van der Waals surface area contributed by atoms with Crippen LogP contribution in [0, 0.1) is 12.8 Å². The monoisotopic (exact) mass is 841 g/mol. The lowest BCUT2D eigenvalue weighted by Gasteiger charge is -2.40. The van der Waals surface area contributed by atoms with Gasteiger partial charge in [0.2, 0.25) is 5.91 Å². The number of nitrogens with one attached hydrogen (secondary N) is 3. The van der Waals surface area contributed by atoms with Gasteiger partial charge >= 0.3 is 6.03 Å². The van der Waals surface area contributed by atoms with E-state index < -0.39 is 5.91 Å². The van der Waals surface area contributed by atoms with Gasteiger partial charge in [-0.05, 0) is 104 Å². The van der Waals surface area contributed by atoms with Gasteiger partial charge in [-0.1, -0.05) is 23.7 Å². The summed E-state index contributed by atoms with van der Waals surface area (Å²) in [4.78, 5) is 63.2. The summed E-state index contributed by atoms with van der Waals surface area (Å²) >= 11 is 6.75. The van der Waals surface area contributed by atoms with Crippen LogP contribution in [0.25, 0.3) is 11.3 Å². The highest BCUT2D eigenvalue weighted by molar-refractivity contribution is 6.34. The van der Waals surface area contributed by atoms with Crippen LogP contribution in [0.15, 0.2) is 78.9 Å². The first-order valence-electron chi connectivity index (χ1n) is 20.9. The molecule has 0 unspecified atom stereocenters. The summed E-state index contributed by atoms with van der Waals surface area (Å²) in [6.45, 7) is 9.78. The molecule has 4 aliphatic heterocycles. The number of primary amides is 1. The number of amides is 5. The fraction of sp³-hybridized carbons (Fsp3) is 0.333. The van der Waals surface area contributed by atoms with Gasteiger partial charge in [0.15, 0.2) is 0 Å². The van der Waals surface area contributed by atoms with Gasteiger partial charge < -0.3 is 26.2 Å². The smallest absolute Gasteiger partial charge is 0.328 e. The number of nitrogens with two attached hydrogens (primary N) is 1. The number of aromatic nitrogens is 3. The average molecular weight is 842 g/mol. The van der Waals surface area contributed by atoms with E-state index in [1.165, 1.54) is 5.69 Å². The molecule has 0 aliphatic carbocycles. The Kier molecular flexibility index (Phi) is 11.1. The molecule has 2 aromatic heterocycles. The Balaban J connectivity index is 0.792. The number of urea groups is 1. The molecule has 5 N–H and O–H groups in total. The molecule has 0 spiro atoms. The number of rotatable bonds is 9. The van der Waals surface area contributed by atoms with E-state index in [0.29, 0.717) is 60.3 Å². The van der Waals surface area contributed by atoms with Crippen LogP contribution in [0.4, 0.5) is 39.2 Å². The maximum atomic E-state index is 13.0. The Labute approximate surface area is 358 Å². The number of nitrogens with zero attached hydrogens (tertiary/aromatic N) is 7. The molecule has 4 aliphatic rings. The Morgan fingerprint density at radius 3 is 2.28 bits per heavy atom. The first-order valence-corrected chi connectivity index (χ1v) is 21.2. The van der Waals surface area contributed by atoms with E-state index in [9.17, 15) is 19.2 Å². The largest absolute Gasteiger partial charge is 0.372 e. The lowest BCUT2D eigenvalue weighted by Crippen LogP contribution is -2.49. The van der Waals surface area contributed by atoms with E-state index in [2.05, 4.69) is 66.0 Å². The molecule has 61 heavy (non-hydrogen) atoms. The van der Waals surface area contributed by atoms with Gasteiger partial charge in [0, 0.05) is 105 Å². The highest BCUT2D eigenvalue weighted by Gasteiger charge is 2.30. The Morgan fingerprint density at radius 1 is 0.820 bits per heavy atom. The predicted molar refractivity (Wildman–Crippen MR) is 237 cm³/mol. The third-order valence-electron chi connectivity index (χ3n) is 12.2. The number of anilines is 6. The van der Waals surface area contributed by atoms with Crippen molar-refractivity contribution in [1.82, 2.24) is 25.0 Å². The van der Waals surface area contributed by atoms with Crippen molar-refractivity contribution >= 4 is 69.7 Å². The predicted octanol–water partition coefficient (Wildman–Crippen LogP) is 6.04. The summed E-state index contributed by atoms with van der Waals surface area (Å²) in [5.74, 6) is 0.384. The number of benzene rings is 3. The van der Waals surface area contributed by atoms with Gasteiger partial charge in [0.1, 0.15) is 22.9 Å². The lowest BCUT2D eigenvalue weighted by atomic mass is 9.95. The van der Waals surface area contributed by atoms with Crippen molar-refractivity contribution in [2.75, 3.05) is 77.7 Å². The Bertz CT molecular complexity index is 2510. The molecule has 6 heterocycles. The van der Waals surface area contributed by atoms with Crippen LogP contribution in [0.2, 0.25) is 5.02 Å². The van der Waals surface area contributed by atoms with Crippen molar-refractivity contribution in [3.8, 4) is 11.3 Å². The lowest BCUT2D eigenvalue weighted by molar-refractivity contribution is -0.120. The maximum absolute atomic E-state index is 13.0. The van der Waals surface area contributed by atoms with Crippen LogP contribution in [0.3, 0.4) is 0 Å². The molecule has 3 fully saturated rings. The zero-order valence-electron chi connectivity index (χ0n) is 34.0. The summed E-state index contributed by atoms with van der Waals surface area (Å²) in [7, 11) is 0. The van der Waals surface area contributed by atoms with Crippen molar-refractivity contribution in [2.45, 2.75) is 39.2 Å². The topological polar surface area (TPSA) is 174 Å². The molecule has 5 amide bonds. The molecule has 3 saturated heterocycles. The van der Waals surface area contributed by atoms with Crippen molar-refractivity contribution < 1.29 is 19.2 Å². The third-order valence-corrected chi connectivity index (χ3v) is 12.5. The summed E-state index contributed by atoms with van der Waals surface area (Å²) in [5, 5.41) is 13.7. The molecule has 16 heteroatoms. The Morgan fingerprint density at radius 2 is 1.56 bits per heavy atom. The maximum Gasteiger partial charge on any atom is 0.328 e. The first-order chi connectivity index (χ1) is 29.6. The Hall–Kier alpha value is -6.45. The van der Waals surface area contributed by atoms with Crippen LogP contribution in [0.1, 0.15) is 51.2 Å². The van der Waals surface area contributed by atoms with Gasteiger partial charge in [-0.3, -0.25) is 29.5 Å². The minimum Gasteiger partial charge on any atom is -0.372 e. The summed E-state index contributed by atoms with van der Waals surface area (Å²) < 4.78 is 1.77. The van der Waals surface area contributed by atoms with E-state index in [0.717, 1.165) is 87.0 Å². The molecule has 0 atom stereocenters. The van der Waals surface area contributed by atoms with E-state index in [1.54, 1.807) is 33.8 Å². The van der Waals surface area contributed by atoms with E-state index in [-0.39, 0.29) is 28.4 Å². The molecular formula is C45H48ClN11O4. The second kappa shape index (κ2) is 16.9. The molecular weight excluding hydrogens is 794 g/mol. The van der Waals surface area contributed by atoms with E-state index in [1.807, 2.05) is 31.2 Å². The van der Waals surface area contributed by atoms with E-state index >= 15 is 0 Å². The molecule has 0 saturated carbocycles. The number of piperidine rings is 1. The molecule has 0 bridgehead atoms. The highest BCUT2D eigenvalue weighted by Crippen LogP contribution is 2.38. The molecule has 314 valence electrons. The number of halogens is 1. The number of carbonyl (C=O) groups excluding carboxylic acids is 4. The van der Waals surface area contributed by atoms with Crippen LogP contribution >= 0.6 is 11.6 Å². The van der Waals surface area contributed by atoms with Crippen LogP contribution in [-0.4, -0.2) is 95.8 Å². The molecule has 15 nitrogen and oxygen atoms in total. The minimum absolute atomic E-state index is 0.227. The van der Waals surface area contributed by atoms with Crippen molar-refractivity contribution in [3.05, 3.63) is 106 Å². The van der Waals surface area contributed by atoms with Gasteiger partial charge in [0.05, 0.1) is 5.02 Å². The number of pyridine rings is 1. The van der Waals surface area contributed by atoms with Crippen LogP contribution < -0.4 is 36.4 Å². The van der Waals surface area contributed by atoms with Crippen molar-refractivity contribution in [3.63, 3.8) is 0 Å². The molecule has 3 aromatic carbocycles. The second-order valence-corrected chi connectivity index (χ2v) is 16.6. The number of hydrogen-bond donors (Lipinski definition) is 4. The second-order valence-electron chi connectivity index (χ2n) is 16.2. The fourth-order valence-corrected chi connectivity index (χ4v) is 9.13. The molecule has 0 radical (unpaired) electrons. The van der Waals surface area contributed by atoms with Crippen LogP contribution in [0.5, 0.6) is 0 Å². The SMILES string of the molecule is Cc1cccc(NC(=O)c2ccc(-c3nn4c(c3C(N)=O)Nc3ccc(N5CCN(CC6CCN(c7ccc(N8CCC(=O)NC8=O)cc7)CC6)CC5)cc3CC4)c(Cl)c2)n1. The zero-order valence-corrected chi connectivity index (χ0v) is 34.8. The first kappa shape index (κ1) is 40.0. The normalized spacial score (nSPS) is 17.2. The number of carbonyl (C=O) groups is 4. The standard InChI is InChI=1S/C45H48ClN11O4/c1-28-3-2-4-38(48-28)50-44(60)31-5-11-35(36(46)26-31)41-40(42(47)59)43-49-37-12-10-34(25-30(37)15-20-57(43)52-41)55-23-21-53(22-24-55)27-29-13-17-54(18-14-29)32-6-8-33(9-7-32)56-19-16-39(58)51-45(56)61/h2-12,25-26,29,49H,13-24,27H2,1H3,(H2,47,59)(H,48,50,60)(H,51,58,61). The van der Waals surface area contributed by atoms with Crippen molar-refractivity contribution in [1.29, 1.82) is 0 Å². The zero-order chi connectivity index (χ0) is 42.2. The van der Waals surface area contributed by atoms with E-state index in [4.69, 9.17) is 22.4 Å². The van der Waals surface area contributed by atoms with Crippen LogP contribution in [-0.2, 0) is 17.8 Å². The summed E-state index contributed by atoms with van der Waals surface area (Å²) in [6.07, 6.45) is 3.28. The number of fused-ring (bicyclic) bond motifs is 2. The quantitative estimate of drug-likeness (QED) is 0.137. The fourth-order valence-electron chi connectivity index (χ4n) is 8.86. The van der Waals surface area contributed by atoms with Gasteiger partial charge in [0.25, 0.3) is 11.8 Å². The average Bonchev–Trinajstić information content (AvgIpc) is 3.51. The van der Waals surface area contributed by atoms with Gasteiger partial charge in [-0.25, -0.2) is 14.5 Å². The number of imide groups is 1. The van der Waals surface area contributed by atoms with Gasteiger partial charge in [-0.2, -0.15) is 5.10 Å². The third kappa shape index (κ3) is 8.48. The molecule has 9 rings (SSSR count). The molecule has 5 aromatic rings. The van der Waals surface area contributed by atoms with Crippen molar-refractivity contribution in [2.24, 2.45) is 11.7 Å². The minimum atomic E-state index is -0.632.